The normalized spacial score (nSPS) is 24.5. The van der Waals surface area contributed by atoms with Gasteiger partial charge in [-0.15, -0.1) is 0 Å². The lowest BCUT2D eigenvalue weighted by Gasteiger charge is -2.51. The molecule has 2 heterocycles. The minimum absolute atomic E-state index is 0.0168. The van der Waals surface area contributed by atoms with Crippen LogP contribution in [-0.2, 0) is 16.0 Å². The molecule has 1 aromatic rings. The van der Waals surface area contributed by atoms with Crippen LogP contribution >= 0.6 is 0 Å². The van der Waals surface area contributed by atoms with Crippen LogP contribution in [0.2, 0.25) is 0 Å². The second kappa shape index (κ2) is 8.78. The van der Waals surface area contributed by atoms with Crippen LogP contribution in [0.5, 0.6) is 23.0 Å². The number of hydrogen-bond donors (Lipinski definition) is 7. The van der Waals surface area contributed by atoms with Gasteiger partial charge in [-0.3, -0.25) is 10.6 Å². The van der Waals surface area contributed by atoms with Gasteiger partial charge in [0.2, 0.25) is 17.7 Å². The number of phenolic OH excluding ortho intramolecular Hbond substituents is 2. The molecule has 4 atom stereocenters. The zero-order valence-corrected chi connectivity index (χ0v) is 19.0. The fourth-order valence-electron chi connectivity index (χ4n) is 4.76. The highest BCUT2D eigenvalue weighted by Crippen LogP contribution is 2.55. The first-order valence-corrected chi connectivity index (χ1v) is 10.5. The molecule has 0 spiro atoms. The van der Waals surface area contributed by atoms with Crippen molar-refractivity contribution >= 4 is 5.97 Å². The first-order valence-electron chi connectivity index (χ1n) is 10.5. The fourth-order valence-corrected chi connectivity index (χ4v) is 4.76. The van der Waals surface area contributed by atoms with Gasteiger partial charge < -0.3 is 44.8 Å². The summed E-state index contributed by atoms with van der Waals surface area (Å²) in [5, 5.41) is 63.1. The Labute approximate surface area is 190 Å². The molecule has 2 aliphatic heterocycles. The second-order valence-corrected chi connectivity index (χ2v) is 8.96. The van der Waals surface area contributed by atoms with Crippen LogP contribution < -0.4 is 15.2 Å². The van der Waals surface area contributed by atoms with E-state index in [9.17, 15) is 35.4 Å². The lowest BCUT2D eigenvalue weighted by Crippen LogP contribution is -2.64. The molecule has 0 aliphatic carbocycles. The first-order chi connectivity index (χ1) is 15.3. The van der Waals surface area contributed by atoms with Gasteiger partial charge in [-0.25, -0.2) is 4.79 Å². The molecule has 4 unspecified atom stereocenters. The highest BCUT2D eigenvalue weighted by Gasteiger charge is 2.56. The number of aromatic hydroxyl groups is 2. The van der Waals surface area contributed by atoms with Crippen molar-refractivity contribution in [3.63, 3.8) is 0 Å². The second-order valence-electron chi connectivity index (χ2n) is 8.96. The van der Waals surface area contributed by atoms with Crippen molar-refractivity contribution in [1.82, 2.24) is 4.90 Å². The Kier molecular flexibility index (Phi) is 6.72. The Hall–Kier alpha value is -2.35. The highest BCUT2D eigenvalue weighted by molar-refractivity contribution is 5.73. The minimum Gasteiger partial charge on any atom is -0.504 e. The Morgan fingerprint density at radius 1 is 1.12 bits per heavy atom. The molecular weight excluding hydrogens is 440 g/mol. The van der Waals surface area contributed by atoms with Gasteiger partial charge in [-0.2, -0.15) is 0 Å². The van der Waals surface area contributed by atoms with Crippen molar-refractivity contribution in [2.75, 3.05) is 27.3 Å². The molecule has 3 rings (SSSR count). The van der Waals surface area contributed by atoms with E-state index in [-0.39, 0.29) is 36.0 Å². The van der Waals surface area contributed by atoms with E-state index in [1.54, 1.807) is 0 Å². The number of fused-ring (bicyclic) bond motifs is 3. The third-order valence-corrected chi connectivity index (χ3v) is 6.60. The summed E-state index contributed by atoms with van der Waals surface area (Å²) in [6.07, 6.45) is -2.91. The van der Waals surface area contributed by atoms with Crippen LogP contribution in [0.25, 0.3) is 0 Å². The lowest BCUT2D eigenvalue weighted by molar-refractivity contribution is -0.313. The summed E-state index contributed by atoms with van der Waals surface area (Å²) in [5.74, 6) is -5.58. The van der Waals surface area contributed by atoms with Crippen LogP contribution in [0.4, 0.5) is 0 Å². The number of nitrogens with two attached hydrogens (primary N) is 1. The highest BCUT2D eigenvalue weighted by atomic mass is 16.6. The van der Waals surface area contributed by atoms with Crippen LogP contribution in [-0.4, -0.2) is 92.5 Å². The number of aliphatic hydroxyl groups is 4. The monoisotopic (exact) mass is 472 g/mol. The maximum absolute atomic E-state index is 12.1. The maximum atomic E-state index is 12.1. The zero-order chi connectivity index (χ0) is 24.9. The van der Waals surface area contributed by atoms with Gasteiger partial charge in [-0.1, -0.05) is 0 Å². The Balaban J connectivity index is 2.10. The van der Waals surface area contributed by atoms with Gasteiger partial charge in [0.1, 0.15) is 11.7 Å². The van der Waals surface area contributed by atoms with Gasteiger partial charge in [-0.05, 0) is 20.3 Å². The largest absolute Gasteiger partial charge is 0.504 e. The van der Waals surface area contributed by atoms with Crippen molar-refractivity contribution in [3.8, 4) is 23.0 Å². The summed E-state index contributed by atoms with van der Waals surface area (Å²) < 4.78 is 15.7. The number of aliphatic hydroxyl groups excluding tert-OH is 1. The van der Waals surface area contributed by atoms with Gasteiger partial charge in [0.25, 0.3) is 0 Å². The number of phenols is 2. The van der Waals surface area contributed by atoms with Crippen LogP contribution in [0, 0.1) is 5.92 Å². The van der Waals surface area contributed by atoms with Crippen molar-refractivity contribution < 1.29 is 49.6 Å². The number of hydrogen-bond acceptors (Lipinski definition) is 12. The van der Waals surface area contributed by atoms with E-state index >= 15 is 0 Å². The van der Waals surface area contributed by atoms with Crippen LogP contribution in [0.15, 0.2) is 0 Å². The third kappa shape index (κ3) is 4.18. The maximum Gasteiger partial charge on any atom is 0.350 e. The molecule has 2 aliphatic rings. The zero-order valence-electron chi connectivity index (χ0n) is 19.0. The summed E-state index contributed by atoms with van der Waals surface area (Å²) in [7, 11) is 2.64. The van der Waals surface area contributed by atoms with E-state index in [4.69, 9.17) is 19.9 Å². The predicted molar refractivity (Wildman–Crippen MR) is 113 cm³/mol. The van der Waals surface area contributed by atoms with E-state index < -0.39 is 41.6 Å². The van der Waals surface area contributed by atoms with Crippen molar-refractivity contribution in [1.29, 1.82) is 0 Å². The molecule has 1 fully saturated rings. The van der Waals surface area contributed by atoms with Crippen LogP contribution in [0.1, 0.15) is 37.4 Å². The smallest absolute Gasteiger partial charge is 0.350 e. The fraction of sp³-hybridized carbons (Fsp3) is 0.667. The molecule has 12 nitrogen and oxygen atoms in total. The molecule has 1 aromatic carbocycles. The summed E-state index contributed by atoms with van der Waals surface area (Å²) in [4.78, 5) is 13.9. The molecule has 0 saturated carbocycles. The van der Waals surface area contributed by atoms with E-state index in [0.29, 0.717) is 24.1 Å². The molecule has 1 saturated heterocycles. The van der Waals surface area contributed by atoms with Crippen LogP contribution in [0.3, 0.4) is 0 Å². The topological polar surface area (TPSA) is 195 Å². The van der Waals surface area contributed by atoms with E-state index in [1.807, 2.05) is 4.90 Å². The van der Waals surface area contributed by atoms with E-state index in [2.05, 4.69) is 0 Å². The summed E-state index contributed by atoms with van der Waals surface area (Å²) in [5.41, 5.74) is 3.98. The molecule has 186 valence electrons. The third-order valence-electron chi connectivity index (χ3n) is 6.60. The van der Waals surface area contributed by atoms with Gasteiger partial charge in [0.05, 0.1) is 20.1 Å². The van der Waals surface area contributed by atoms with E-state index in [0.717, 1.165) is 0 Å². The quantitative estimate of drug-likeness (QED) is 0.147. The Bertz CT molecular complexity index is 912. The summed E-state index contributed by atoms with van der Waals surface area (Å²) in [6.45, 7) is 2.73. The molecular formula is C21H32N2O10. The van der Waals surface area contributed by atoms with Gasteiger partial charge in [0.15, 0.2) is 17.3 Å². The number of carbonyl (C=O) groups excluding carboxylic acids is 1. The first kappa shape index (κ1) is 25.3. The molecule has 0 bridgehead atoms. The number of ether oxygens (including phenoxy) is 3. The molecule has 33 heavy (non-hydrogen) atoms. The SMILES string of the molecule is COc1c(O)c2c(c(O)c1OC)C1CC(OC(=O)C(N)O)C(C(O)(O)C(C)(C)O)CN1CC2. The lowest BCUT2D eigenvalue weighted by atomic mass is 9.74. The predicted octanol–water partition coefficient (Wildman–Crippen LogP) is -1.33. The number of carbonyl (C=O) groups is 1. The molecule has 12 heteroatoms. The molecule has 8 N–H and O–H groups in total. The minimum atomic E-state index is -2.68. The van der Waals surface area contributed by atoms with E-state index in [1.165, 1.54) is 28.1 Å². The number of piperidine rings is 1. The van der Waals surface area contributed by atoms with Gasteiger partial charge >= 0.3 is 5.97 Å². The Morgan fingerprint density at radius 2 is 1.70 bits per heavy atom. The molecule has 0 radical (unpaired) electrons. The molecule has 0 aromatic heterocycles. The number of esters is 1. The van der Waals surface area contributed by atoms with Crippen molar-refractivity contribution in [3.05, 3.63) is 11.1 Å². The average molecular weight is 472 g/mol. The standard InChI is InChI=1S/C21H32N2O10/c1-20(2,28)21(29,30)10-8-23-6-5-9-13(11(23)7-12(10)33-19(27)18(22)26)15(25)17(32-4)16(31-3)14(9)24/h10-12,18,24-26,28-30H,5-8,22H2,1-4H3. The number of nitrogens with zero attached hydrogens (tertiary/aromatic N) is 1. The van der Waals surface area contributed by atoms with Crippen molar-refractivity contribution in [2.45, 2.75) is 56.5 Å². The number of benzene rings is 1. The number of methoxy groups -OCH3 is 2. The summed E-state index contributed by atoms with van der Waals surface area (Å²) >= 11 is 0. The Morgan fingerprint density at radius 3 is 2.21 bits per heavy atom. The summed E-state index contributed by atoms with van der Waals surface area (Å²) in [6, 6.07) is -0.624. The van der Waals surface area contributed by atoms with Crippen molar-refractivity contribution in [2.24, 2.45) is 11.7 Å². The van der Waals surface area contributed by atoms with Gasteiger partial charge in [0, 0.05) is 36.7 Å². The molecule has 0 amide bonds. The average Bonchev–Trinajstić information content (AvgIpc) is 2.73. The number of rotatable bonds is 6.